The van der Waals surface area contributed by atoms with E-state index >= 15 is 0 Å². The first kappa shape index (κ1) is 20.9. The second-order valence-electron chi connectivity index (χ2n) is 7.75. The minimum atomic E-state index is -0.505. The molecule has 5 nitrogen and oxygen atoms in total. The van der Waals surface area contributed by atoms with Crippen LogP contribution in [0.5, 0.6) is 0 Å². The molecule has 2 N–H and O–H groups in total. The second kappa shape index (κ2) is 10.1. The van der Waals surface area contributed by atoms with Crippen LogP contribution >= 0.6 is 0 Å². The zero-order chi connectivity index (χ0) is 20.6. The van der Waals surface area contributed by atoms with Gasteiger partial charge >= 0.3 is 5.97 Å². The Hall–Kier alpha value is -2.82. The fourth-order valence-electron chi connectivity index (χ4n) is 3.70. The maximum absolute atomic E-state index is 12.6. The van der Waals surface area contributed by atoms with E-state index in [0.29, 0.717) is 11.3 Å². The van der Waals surface area contributed by atoms with Crippen LogP contribution in [0.25, 0.3) is 0 Å². The van der Waals surface area contributed by atoms with Crippen molar-refractivity contribution in [2.45, 2.75) is 58.4 Å². The lowest BCUT2D eigenvalue weighted by Crippen LogP contribution is -2.37. The Morgan fingerprint density at radius 1 is 0.931 bits per heavy atom. The SMILES string of the molecule is Cc1cccc(Nc2ccccc2C(=O)OCC(=O)NC2CCCCCC2)c1C. The van der Waals surface area contributed by atoms with Crippen molar-refractivity contribution in [2.24, 2.45) is 0 Å². The fraction of sp³-hybridized carbons (Fsp3) is 0.417. The van der Waals surface area contributed by atoms with E-state index < -0.39 is 5.97 Å². The predicted octanol–water partition coefficient (Wildman–Crippen LogP) is 5.04. The third-order valence-corrected chi connectivity index (χ3v) is 5.58. The van der Waals surface area contributed by atoms with E-state index in [-0.39, 0.29) is 18.6 Å². The molecule has 1 saturated carbocycles. The number of nitrogens with one attached hydrogen (secondary N) is 2. The van der Waals surface area contributed by atoms with Crippen molar-refractivity contribution in [2.75, 3.05) is 11.9 Å². The third-order valence-electron chi connectivity index (χ3n) is 5.58. The molecule has 2 aromatic rings. The molecule has 2 aromatic carbocycles. The van der Waals surface area contributed by atoms with E-state index in [2.05, 4.69) is 10.6 Å². The molecular formula is C24H30N2O3. The van der Waals surface area contributed by atoms with Crippen LogP contribution in [-0.4, -0.2) is 24.5 Å². The zero-order valence-electron chi connectivity index (χ0n) is 17.3. The number of hydrogen-bond acceptors (Lipinski definition) is 4. The first-order valence-corrected chi connectivity index (χ1v) is 10.4. The Bertz CT molecular complexity index is 855. The van der Waals surface area contributed by atoms with Crippen molar-refractivity contribution in [3.63, 3.8) is 0 Å². The van der Waals surface area contributed by atoms with Gasteiger partial charge in [0.2, 0.25) is 0 Å². The summed E-state index contributed by atoms with van der Waals surface area (Å²) in [4.78, 5) is 24.8. The summed E-state index contributed by atoms with van der Waals surface area (Å²) in [5.41, 5.74) is 4.31. The van der Waals surface area contributed by atoms with E-state index in [4.69, 9.17) is 4.74 Å². The van der Waals surface area contributed by atoms with Gasteiger partial charge in [0.25, 0.3) is 5.91 Å². The van der Waals surface area contributed by atoms with Crippen LogP contribution < -0.4 is 10.6 Å². The Balaban J connectivity index is 1.61. The molecule has 1 fully saturated rings. The predicted molar refractivity (Wildman–Crippen MR) is 116 cm³/mol. The minimum absolute atomic E-state index is 0.196. The van der Waals surface area contributed by atoms with Crippen LogP contribution in [0, 0.1) is 13.8 Å². The van der Waals surface area contributed by atoms with Gasteiger partial charge in [-0.05, 0) is 56.0 Å². The molecule has 154 valence electrons. The van der Waals surface area contributed by atoms with Crippen LogP contribution in [0.4, 0.5) is 11.4 Å². The quantitative estimate of drug-likeness (QED) is 0.532. The van der Waals surface area contributed by atoms with Gasteiger partial charge in [-0.3, -0.25) is 4.79 Å². The number of benzene rings is 2. The highest BCUT2D eigenvalue weighted by atomic mass is 16.5. The molecule has 0 radical (unpaired) electrons. The van der Waals surface area contributed by atoms with Crippen LogP contribution in [0.15, 0.2) is 42.5 Å². The summed E-state index contributed by atoms with van der Waals surface area (Å²) >= 11 is 0. The molecule has 0 bridgehead atoms. The number of carbonyl (C=O) groups is 2. The van der Waals surface area contributed by atoms with Gasteiger partial charge in [-0.2, -0.15) is 0 Å². The topological polar surface area (TPSA) is 67.4 Å². The molecule has 0 heterocycles. The van der Waals surface area contributed by atoms with Crippen molar-refractivity contribution in [1.82, 2.24) is 5.32 Å². The van der Waals surface area contributed by atoms with Gasteiger partial charge in [0.1, 0.15) is 0 Å². The first-order chi connectivity index (χ1) is 14.0. The molecule has 0 unspecified atom stereocenters. The van der Waals surface area contributed by atoms with Crippen molar-refractivity contribution < 1.29 is 14.3 Å². The highest BCUT2D eigenvalue weighted by Crippen LogP contribution is 2.25. The Labute approximate surface area is 172 Å². The molecule has 1 aliphatic carbocycles. The average Bonchev–Trinajstić information content (AvgIpc) is 2.98. The number of esters is 1. The van der Waals surface area contributed by atoms with E-state index in [1.807, 2.05) is 44.2 Å². The van der Waals surface area contributed by atoms with Crippen LogP contribution in [-0.2, 0) is 9.53 Å². The summed E-state index contributed by atoms with van der Waals surface area (Å²) < 4.78 is 5.30. The molecular weight excluding hydrogens is 364 g/mol. The number of aryl methyl sites for hydroxylation is 1. The minimum Gasteiger partial charge on any atom is -0.452 e. The van der Waals surface area contributed by atoms with Crippen molar-refractivity contribution in [3.8, 4) is 0 Å². The molecule has 0 aliphatic heterocycles. The van der Waals surface area contributed by atoms with E-state index in [1.165, 1.54) is 18.4 Å². The fourth-order valence-corrected chi connectivity index (χ4v) is 3.70. The van der Waals surface area contributed by atoms with Gasteiger partial charge in [0.15, 0.2) is 6.61 Å². The highest BCUT2D eigenvalue weighted by molar-refractivity contribution is 5.97. The lowest BCUT2D eigenvalue weighted by molar-refractivity contribution is -0.125. The lowest BCUT2D eigenvalue weighted by atomic mass is 10.1. The number of ether oxygens (including phenoxy) is 1. The standard InChI is InChI=1S/C24H30N2O3/c1-17-10-9-15-21(18(17)2)26-22-14-8-7-13-20(22)24(28)29-16-23(27)25-19-11-5-3-4-6-12-19/h7-10,13-15,19,26H,3-6,11-12,16H2,1-2H3,(H,25,27). The first-order valence-electron chi connectivity index (χ1n) is 10.4. The summed E-state index contributed by atoms with van der Waals surface area (Å²) in [5.74, 6) is -0.736. The molecule has 0 spiro atoms. The van der Waals surface area contributed by atoms with E-state index in [9.17, 15) is 9.59 Å². The third kappa shape index (κ3) is 5.83. The van der Waals surface area contributed by atoms with E-state index in [1.54, 1.807) is 12.1 Å². The normalized spacial score (nSPS) is 14.7. The molecule has 0 aromatic heterocycles. The van der Waals surface area contributed by atoms with E-state index in [0.717, 1.165) is 36.9 Å². The van der Waals surface area contributed by atoms with Gasteiger partial charge in [-0.25, -0.2) is 4.79 Å². The van der Waals surface area contributed by atoms with Crippen LogP contribution in [0.1, 0.15) is 60.0 Å². The van der Waals surface area contributed by atoms with Crippen molar-refractivity contribution in [1.29, 1.82) is 0 Å². The summed E-state index contributed by atoms with van der Waals surface area (Å²) in [6, 6.07) is 13.4. The molecule has 0 saturated heterocycles. The summed E-state index contributed by atoms with van der Waals surface area (Å²) in [7, 11) is 0. The molecule has 1 amide bonds. The Morgan fingerprint density at radius 3 is 2.38 bits per heavy atom. The van der Waals surface area contributed by atoms with Crippen LogP contribution in [0.2, 0.25) is 0 Å². The Kier molecular flexibility index (Phi) is 7.28. The van der Waals surface area contributed by atoms with Gasteiger partial charge in [0.05, 0.1) is 11.3 Å². The summed E-state index contributed by atoms with van der Waals surface area (Å²) in [5, 5.41) is 6.32. The average molecular weight is 395 g/mol. The maximum atomic E-state index is 12.6. The maximum Gasteiger partial charge on any atom is 0.340 e. The molecule has 29 heavy (non-hydrogen) atoms. The summed E-state index contributed by atoms with van der Waals surface area (Å²) in [6.07, 6.45) is 6.74. The lowest BCUT2D eigenvalue weighted by Gasteiger charge is -2.17. The number of anilines is 2. The molecule has 5 heteroatoms. The zero-order valence-corrected chi connectivity index (χ0v) is 17.3. The number of para-hydroxylation sites is 1. The van der Waals surface area contributed by atoms with Gasteiger partial charge < -0.3 is 15.4 Å². The molecule has 0 atom stereocenters. The number of rotatable bonds is 6. The number of amides is 1. The van der Waals surface area contributed by atoms with Gasteiger partial charge in [-0.1, -0.05) is 49.9 Å². The van der Waals surface area contributed by atoms with Gasteiger partial charge in [0, 0.05) is 11.7 Å². The largest absolute Gasteiger partial charge is 0.452 e. The monoisotopic (exact) mass is 394 g/mol. The number of hydrogen-bond donors (Lipinski definition) is 2. The summed E-state index contributed by atoms with van der Waals surface area (Å²) in [6.45, 7) is 3.83. The van der Waals surface area contributed by atoms with Crippen LogP contribution in [0.3, 0.4) is 0 Å². The smallest absolute Gasteiger partial charge is 0.340 e. The van der Waals surface area contributed by atoms with Crippen molar-refractivity contribution >= 4 is 23.3 Å². The Morgan fingerprint density at radius 2 is 1.62 bits per heavy atom. The van der Waals surface area contributed by atoms with Crippen molar-refractivity contribution in [3.05, 3.63) is 59.2 Å². The van der Waals surface area contributed by atoms with Gasteiger partial charge in [-0.15, -0.1) is 0 Å². The molecule has 3 rings (SSSR count). The molecule has 1 aliphatic rings. The number of carbonyl (C=O) groups excluding carboxylic acids is 2. The second-order valence-corrected chi connectivity index (χ2v) is 7.75. The highest BCUT2D eigenvalue weighted by Gasteiger charge is 2.18.